The fourth-order valence-electron chi connectivity index (χ4n) is 3.94. The van der Waals surface area contributed by atoms with Gasteiger partial charge in [0.05, 0.1) is 6.42 Å². The summed E-state index contributed by atoms with van der Waals surface area (Å²) in [6.45, 7) is 5.07. The fourth-order valence-corrected chi connectivity index (χ4v) is 5.17. The van der Waals surface area contributed by atoms with Crippen LogP contribution in [0.25, 0.3) is 10.9 Å². The Morgan fingerprint density at radius 3 is 2.41 bits per heavy atom. The van der Waals surface area contributed by atoms with Gasteiger partial charge in [-0.2, -0.15) is 0 Å². The summed E-state index contributed by atoms with van der Waals surface area (Å²) in [5.74, 6) is -0.422. The van der Waals surface area contributed by atoms with Gasteiger partial charge in [0.1, 0.15) is 0 Å². The molecule has 1 N–H and O–H groups in total. The first-order valence-electron chi connectivity index (χ1n) is 10.8. The number of nitrogens with zero attached hydrogens (tertiary/aromatic N) is 1. The Bertz CT molecular complexity index is 1230. The number of benzene rings is 3. The molecule has 0 fully saturated rings. The van der Waals surface area contributed by atoms with E-state index >= 15 is 0 Å². The number of aromatic nitrogens is 1. The van der Waals surface area contributed by atoms with Crippen molar-refractivity contribution in [3.05, 3.63) is 94.6 Å². The molecule has 0 aliphatic rings. The minimum Gasteiger partial charge on any atom is -0.481 e. The smallest absolute Gasteiger partial charge is 0.309 e. The van der Waals surface area contributed by atoms with Crippen molar-refractivity contribution in [2.24, 2.45) is 0 Å². The molecule has 1 heterocycles. The lowest BCUT2D eigenvalue weighted by atomic mass is 10.0. The number of halogens is 1. The Morgan fingerprint density at radius 2 is 1.75 bits per heavy atom. The largest absolute Gasteiger partial charge is 0.481 e. The van der Waals surface area contributed by atoms with Crippen molar-refractivity contribution in [3.8, 4) is 0 Å². The summed E-state index contributed by atoms with van der Waals surface area (Å²) in [5.41, 5.74) is 4.37. The molecule has 5 heteroatoms. The van der Waals surface area contributed by atoms with Crippen molar-refractivity contribution in [2.45, 2.75) is 48.9 Å². The molecular formula is C27H26ClNO2S. The minimum absolute atomic E-state index is 0.0124. The zero-order chi connectivity index (χ0) is 22.7. The van der Waals surface area contributed by atoms with Crippen LogP contribution in [0.4, 0.5) is 0 Å². The maximum absolute atomic E-state index is 11.9. The van der Waals surface area contributed by atoms with Gasteiger partial charge in [0.2, 0.25) is 0 Å². The molecule has 0 atom stereocenters. The Kier molecular flexibility index (Phi) is 6.92. The van der Waals surface area contributed by atoms with Gasteiger partial charge in [-0.1, -0.05) is 73.6 Å². The van der Waals surface area contributed by atoms with E-state index in [2.05, 4.69) is 48.7 Å². The highest BCUT2D eigenvalue weighted by Gasteiger charge is 2.21. The van der Waals surface area contributed by atoms with Crippen molar-refractivity contribution in [1.82, 2.24) is 4.57 Å². The molecule has 0 aliphatic carbocycles. The summed E-state index contributed by atoms with van der Waals surface area (Å²) in [7, 11) is 0. The number of hydrogen-bond acceptors (Lipinski definition) is 2. The van der Waals surface area contributed by atoms with Crippen LogP contribution >= 0.6 is 23.4 Å². The van der Waals surface area contributed by atoms with E-state index in [1.54, 1.807) is 11.8 Å². The van der Waals surface area contributed by atoms with Crippen LogP contribution in [0.15, 0.2) is 82.6 Å². The number of aryl methyl sites for hydroxylation is 2. The number of aliphatic carboxylic acids is 1. The summed E-state index contributed by atoms with van der Waals surface area (Å²) in [5, 5.41) is 11.6. The highest BCUT2D eigenvalue weighted by atomic mass is 35.5. The SMILES string of the molecule is CC(C)c1ccc2c(c1)c(Sc1ccccc1)c(CC(=O)O)n2CCc1ccc(Cl)cc1. The van der Waals surface area contributed by atoms with Gasteiger partial charge in [-0.15, -0.1) is 0 Å². The zero-order valence-corrected chi connectivity index (χ0v) is 19.8. The molecule has 164 valence electrons. The Balaban J connectivity index is 1.84. The van der Waals surface area contributed by atoms with Crippen LogP contribution in [0.1, 0.15) is 36.6 Å². The first-order chi connectivity index (χ1) is 15.4. The van der Waals surface area contributed by atoms with Crippen LogP contribution in [0, 0.1) is 0 Å². The number of fused-ring (bicyclic) bond motifs is 1. The second-order valence-electron chi connectivity index (χ2n) is 8.22. The molecular weight excluding hydrogens is 438 g/mol. The van der Waals surface area contributed by atoms with Gasteiger partial charge in [-0.05, 0) is 59.9 Å². The summed E-state index contributed by atoms with van der Waals surface area (Å²) in [6, 6.07) is 24.5. The lowest BCUT2D eigenvalue weighted by Crippen LogP contribution is -2.10. The summed E-state index contributed by atoms with van der Waals surface area (Å²) < 4.78 is 2.19. The molecule has 0 radical (unpaired) electrons. The van der Waals surface area contributed by atoms with Crippen molar-refractivity contribution < 1.29 is 9.90 Å². The van der Waals surface area contributed by atoms with Crippen molar-refractivity contribution in [2.75, 3.05) is 0 Å². The molecule has 1 aromatic heterocycles. The average Bonchev–Trinajstić information content (AvgIpc) is 3.05. The lowest BCUT2D eigenvalue weighted by molar-refractivity contribution is -0.136. The van der Waals surface area contributed by atoms with Gasteiger partial charge in [0.15, 0.2) is 0 Å². The van der Waals surface area contributed by atoms with Gasteiger partial charge in [-0.3, -0.25) is 4.79 Å². The topological polar surface area (TPSA) is 42.2 Å². The van der Waals surface area contributed by atoms with Crippen LogP contribution in [0.3, 0.4) is 0 Å². The third-order valence-corrected chi connectivity index (χ3v) is 7.05. The molecule has 32 heavy (non-hydrogen) atoms. The number of carboxylic acid groups (broad SMARTS) is 1. The second kappa shape index (κ2) is 9.85. The molecule has 4 rings (SSSR count). The van der Waals surface area contributed by atoms with E-state index in [1.807, 2.05) is 42.5 Å². The van der Waals surface area contributed by atoms with E-state index in [4.69, 9.17) is 11.6 Å². The molecule has 3 nitrogen and oxygen atoms in total. The molecule has 0 aliphatic heterocycles. The number of rotatable bonds is 8. The van der Waals surface area contributed by atoms with Gasteiger partial charge in [-0.25, -0.2) is 0 Å². The summed E-state index contributed by atoms with van der Waals surface area (Å²) in [4.78, 5) is 14.0. The van der Waals surface area contributed by atoms with Crippen LogP contribution in [0.2, 0.25) is 5.02 Å². The van der Waals surface area contributed by atoms with E-state index in [0.717, 1.165) is 37.8 Å². The fraction of sp³-hybridized carbons (Fsp3) is 0.222. The Morgan fingerprint density at radius 1 is 1.03 bits per heavy atom. The first kappa shape index (κ1) is 22.5. The number of carboxylic acids is 1. The second-order valence-corrected chi connectivity index (χ2v) is 9.74. The highest BCUT2D eigenvalue weighted by molar-refractivity contribution is 7.99. The van der Waals surface area contributed by atoms with Crippen LogP contribution in [0.5, 0.6) is 0 Å². The van der Waals surface area contributed by atoms with Gasteiger partial charge in [0.25, 0.3) is 0 Å². The van der Waals surface area contributed by atoms with Crippen molar-refractivity contribution in [3.63, 3.8) is 0 Å². The average molecular weight is 464 g/mol. The van der Waals surface area contributed by atoms with Gasteiger partial charge in [0, 0.05) is 38.0 Å². The van der Waals surface area contributed by atoms with Crippen LogP contribution < -0.4 is 0 Å². The molecule has 0 unspecified atom stereocenters. The zero-order valence-electron chi connectivity index (χ0n) is 18.2. The van der Waals surface area contributed by atoms with E-state index in [9.17, 15) is 9.90 Å². The maximum atomic E-state index is 11.9. The quantitative estimate of drug-likeness (QED) is 0.295. The third kappa shape index (κ3) is 5.03. The molecule has 0 spiro atoms. The number of carbonyl (C=O) groups is 1. The number of hydrogen-bond donors (Lipinski definition) is 1. The highest BCUT2D eigenvalue weighted by Crippen LogP contribution is 2.40. The predicted octanol–water partition coefficient (Wildman–Crippen LogP) is 7.44. The van der Waals surface area contributed by atoms with E-state index in [1.165, 1.54) is 11.1 Å². The maximum Gasteiger partial charge on any atom is 0.309 e. The lowest BCUT2D eigenvalue weighted by Gasteiger charge is -2.11. The van der Waals surface area contributed by atoms with Gasteiger partial charge < -0.3 is 9.67 Å². The molecule has 0 amide bonds. The molecule has 0 saturated carbocycles. The van der Waals surface area contributed by atoms with E-state index in [-0.39, 0.29) is 6.42 Å². The third-order valence-electron chi connectivity index (χ3n) is 5.63. The van der Waals surface area contributed by atoms with Crippen LogP contribution in [-0.4, -0.2) is 15.6 Å². The monoisotopic (exact) mass is 463 g/mol. The molecule has 4 aromatic rings. The predicted molar refractivity (Wildman–Crippen MR) is 133 cm³/mol. The molecule has 0 bridgehead atoms. The summed E-state index contributed by atoms with van der Waals surface area (Å²) >= 11 is 7.69. The summed E-state index contributed by atoms with van der Waals surface area (Å²) in [6.07, 6.45) is 0.788. The normalized spacial score (nSPS) is 11.4. The standard InChI is InChI=1S/C27H26ClNO2S/c1-18(2)20-10-13-24-23(16-20)27(32-22-6-4-3-5-7-22)25(17-26(30)31)29(24)15-14-19-8-11-21(28)12-9-19/h3-13,16,18H,14-15,17H2,1-2H3,(H,30,31). The Hall–Kier alpha value is -2.69. The van der Waals surface area contributed by atoms with Crippen molar-refractivity contribution in [1.29, 1.82) is 0 Å². The molecule has 0 saturated heterocycles. The van der Waals surface area contributed by atoms with Crippen LogP contribution in [-0.2, 0) is 24.2 Å². The Labute approximate surface area is 198 Å². The van der Waals surface area contributed by atoms with E-state index in [0.29, 0.717) is 12.5 Å². The van der Waals surface area contributed by atoms with Crippen molar-refractivity contribution >= 4 is 40.2 Å². The molecule has 3 aromatic carbocycles. The first-order valence-corrected chi connectivity index (χ1v) is 12.0. The van der Waals surface area contributed by atoms with E-state index < -0.39 is 5.97 Å². The minimum atomic E-state index is -0.820. The van der Waals surface area contributed by atoms with Gasteiger partial charge >= 0.3 is 5.97 Å².